The third-order valence-electron chi connectivity index (χ3n) is 3.34. The fraction of sp³-hybridized carbons (Fsp3) is 0.333. The van der Waals surface area contributed by atoms with E-state index in [4.69, 9.17) is 16.7 Å². The molecule has 2 N–H and O–H groups in total. The van der Waals surface area contributed by atoms with Gasteiger partial charge < -0.3 is 10.4 Å². The highest BCUT2D eigenvalue weighted by Gasteiger charge is 2.41. The SMILES string of the molecule is CC(=O)NC(CSC1CC(=O)N(c2ccccc2Cl)C1=O)C(=O)O. The van der Waals surface area contributed by atoms with Crippen LogP contribution in [0.4, 0.5) is 5.69 Å². The van der Waals surface area contributed by atoms with Gasteiger partial charge in [-0.05, 0) is 12.1 Å². The highest BCUT2D eigenvalue weighted by Crippen LogP contribution is 2.33. The molecule has 1 saturated heterocycles. The lowest BCUT2D eigenvalue weighted by Gasteiger charge is -2.17. The van der Waals surface area contributed by atoms with Gasteiger partial charge >= 0.3 is 5.97 Å². The number of para-hydroxylation sites is 1. The molecule has 3 amide bonds. The molecule has 1 aromatic rings. The third kappa shape index (κ3) is 4.07. The first-order chi connectivity index (χ1) is 11.3. The zero-order chi connectivity index (χ0) is 17.9. The number of hydrogen-bond donors (Lipinski definition) is 2. The van der Waals surface area contributed by atoms with Crippen LogP contribution in [0.1, 0.15) is 13.3 Å². The van der Waals surface area contributed by atoms with Gasteiger partial charge in [-0.3, -0.25) is 14.4 Å². The number of imide groups is 1. The zero-order valence-corrected chi connectivity index (χ0v) is 14.3. The van der Waals surface area contributed by atoms with Crippen LogP contribution in [0.25, 0.3) is 0 Å². The molecule has 2 rings (SSSR count). The van der Waals surface area contributed by atoms with E-state index in [1.165, 1.54) is 6.92 Å². The van der Waals surface area contributed by atoms with Crippen LogP contribution in [-0.4, -0.2) is 45.8 Å². The molecule has 1 fully saturated rings. The lowest BCUT2D eigenvalue weighted by Crippen LogP contribution is -2.42. The summed E-state index contributed by atoms with van der Waals surface area (Å²) in [4.78, 5) is 47.8. The van der Waals surface area contributed by atoms with Crippen molar-refractivity contribution >= 4 is 52.7 Å². The van der Waals surface area contributed by atoms with Gasteiger partial charge in [-0.25, -0.2) is 9.69 Å². The Labute approximate surface area is 147 Å². The summed E-state index contributed by atoms with van der Waals surface area (Å²) in [6.45, 7) is 1.21. The number of carboxylic acids is 1. The van der Waals surface area contributed by atoms with Crippen LogP contribution in [0.5, 0.6) is 0 Å². The molecule has 2 atom stereocenters. The van der Waals surface area contributed by atoms with E-state index in [0.29, 0.717) is 5.69 Å². The number of carbonyl (C=O) groups is 4. The van der Waals surface area contributed by atoms with Crippen molar-refractivity contribution in [3.05, 3.63) is 29.3 Å². The molecule has 0 radical (unpaired) electrons. The van der Waals surface area contributed by atoms with Crippen molar-refractivity contribution in [3.63, 3.8) is 0 Å². The normalized spacial score (nSPS) is 18.6. The molecule has 9 heteroatoms. The minimum absolute atomic E-state index is 0.0189. The predicted octanol–water partition coefficient (Wildman–Crippen LogP) is 1.29. The smallest absolute Gasteiger partial charge is 0.327 e. The van der Waals surface area contributed by atoms with Crippen LogP contribution in [0, 0.1) is 0 Å². The van der Waals surface area contributed by atoms with Gasteiger partial charge in [0.15, 0.2) is 0 Å². The third-order valence-corrected chi connectivity index (χ3v) is 4.95. The molecule has 0 aromatic heterocycles. The Kier molecular flexibility index (Phi) is 5.84. The summed E-state index contributed by atoms with van der Waals surface area (Å²) in [5.74, 6) is -2.52. The lowest BCUT2D eigenvalue weighted by atomic mass is 10.3. The molecule has 128 valence electrons. The summed E-state index contributed by atoms with van der Waals surface area (Å²) in [6.07, 6.45) is -0.0405. The van der Waals surface area contributed by atoms with E-state index in [9.17, 15) is 19.2 Å². The van der Waals surface area contributed by atoms with E-state index in [1.54, 1.807) is 24.3 Å². The summed E-state index contributed by atoms with van der Waals surface area (Å²) in [5, 5.41) is 10.9. The summed E-state index contributed by atoms with van der Waals surface area (Å²) in [5.41, 5.74) is 0.314. The number of anilines is 1. The van der Waals surface area contributed by atoms with E-state index < -0.39 is 35.0 Å². The summed E-state index contributed by atoms with van der Waals surface area (Å²) in [7, 11) is 0. The number of hydrogen-bond acceptors (Lipinski definition) is 5. The maximum absolute atomic E-state index is 12.5. The van der Waals surface area contributed by atoms with Crippen LogP contribution in [0.3, 0.4) is 0 Å². The van der Waals surface area contributed by atoms with Crippen LogP contribution in [0.2, 0.25) is 5.02 Å². The van der Waals surface area contributed by atoms with Crippen molar-refractivity contribution < 1.29 is 24.3 Å². The molecule has 0 bridgehead atoms. The number of amides is 3. The number of carboxylic acid groups (broad SMARTS) is 1. The summed E-state index contributed by atoms with van der Waals surface area (Å²) < 4.78 is 0. The van der Waals surface area contributed by atoms with Gasteiger partial charge in [-0.15, -0.1) is 11.8 Å². The number of nitrogens with zero attached hydrogens (tertiary/aromatic N) is 1. The predicted molar refractivity (Wildman–Crippen MR) is 90.0 cm³/mol. The second-order valence-electron chi connectivity index (χ2n) is 5.14. The maximum Gasteiger partial charge on any atom is 0.327 e. The highest BCUT2D eigenvalue weighted by molar-refractivity contribution is 8.00. The molecule has 1 aliphatic heterocycles. The Balaban J connectivity index is 2.07. The van der Waals surface area contributed by atoms with Crippen molar-refractivity contribution in [3.8, 4) is 0 Å². The van der Waals surface area contributed by atoms with Crippen molar-refractivity contribution in [2.24, 2.45) is 0 Å². The van der Waals surface area contributed by atoms with Crippen LogP contribution < -0.4 is 10.2 Å². The highest BCUT2D eigenvalue weighted by atomic mass is 35.5. The summed E-state index contributed by atoms with van der Waals surface area (Å²) in [6, 6.07) is 5.38. The van der Waals surface area contributed by atoms with Crippen molar-refractivity contribution in [2.75, 3.05) is 10.7 Å². The molecule has 24 heavy (non-hydrogen) atoms. The number of benzene rings is 1. The fourth-order valence-corrected chi connectivity index (χ4v) is 3.63. The largest absolute Gasteiger partial charge is 0.480 e. The molecule has 1 aromatic carbocycles. The molecule has 0 aliphatic carbocycles. The Morgan fingerprint density at radius 1 is 1.42 bits per heavy atom. The van der Waals surface area contributed by atoms with Gasteiger partial charge in [-0.1, -0.05) is 23.7 Å². The number of thioether (sulfide) groups is 1. The topological polar surface area (TPSA) is 104 Å². The Bertz CT molecular complexity index is 696. The van der Waals surface area contributed by atoms with E-state index >= 15 is 0 Å². The standard InChI is InChI=1S/C15H15ClN2O5S/c1-8(19)17-10(15(22)23)7-24-12-6-13(20)18(14(12)21)11-5-3-2-4-9(11)16/h2-5,10,12H,6-7H2,1H3,(H,17,19)(H,22,23). The average molecular weight is 371 g/mol. The lowest BCUT2D eigenvalue weighted by molar-refractivity contribution is -0.140. The van der Waals surface area contributed by atoms with Crippen LogP contribution in [-0.2, 0) is 19.2 Å². The monoisotopic (exact) mass is 370 g/mol. The zero-order valence-electron chi connectivity index (χ0n) is 12.7. The second kappa shape index (κ2) is 7.67. The van der Waals surface area contributed by atoms with Crippen molar-refractivity contribution in [1.29, 1.82) is 0 Å². The van der Waals surface area contributed by atoms with Crippen LogP contribution in [0.15, 0.2) is 24.3 Å². The maximum atomic E-state index is 12.5. The first-order valence-corrected chi connectivity index (χ1v) is 8.46. The Morgan fingerprint density at radius 3 is 2.67 bits per heavy atom. The van der Waals surface area contributed by atoms with Gasteiger partial charge in [-0.2, -0.15) is 0 Å². The van der Waals surface area contributed by atoms with E-state index in [-0.39, 0.29) is 17.2 Å². The first kappa shape index (κ1) is 18.3. The van der Waals surface area contributed by atoms with Gasteiger partial charge in [0.2, 0.25) is 17.7 Å². The molecule has 1 aliphatic rings. The molecule has 1 heterocycles. The Morgan fingerprint density at radius 2 is 2.08 bits per heavy atom. The van der Waals surface area contributed by atoms with Crippen LogP contribution >= 0.6 is 23.4 Å². The van der Waals surface area contributed by atoms with Gasteiger partial charge in [0, 0.05) is 19.1 Å². The first-order valence-electron chi connectivity index (χ1n) is 7.04. The summed E-state index contributed by atoms with van der Waals surface area (Å²) >= 11 is 7.06. The van der Waals surface area contributed by atoms with Gasteiger partial charge in [0.05, 0.1) is 16.0 Å². The molecule has 7 nitrogen and oxygen atoms in total. The number of carbonyl (C=O) groups excluding carboxylic acids is 3. The minimum Gasteiger partial charge on any atom is -0.480 e. The number of aliphatic carboxylic acids is 1. The number of rotatable bonds is 6. The van der Waals surface area contributed by atoms with Crippen molar-refractivity contribution in [2.45, 2.75) is 24.6 Å². The number of halogens is 1. The molecular formula is C15H15ClN2O5S. The number of nitrogens with one attached hydrogen (secondary N) is 1. The quantitative estimate of drug-likeness (QED) is 0.731. The van der Waals surface area contributed by atoms with E-state index in [1.807, 2.05) is 0 Å². The van der Waals surface area contributed by atoms with E-state index in [0.717, 1.165) is 16.7 Å². The molecule has 2 unspecified atom stereocenters. The molecule has 0 spiro atoms. The second-order valence-corrected chi connectivity index (χ2v) is 6.78. The molecular weight excluding hydrogens is 356 g/mol. The van der Waals surface area contributed by atoms with Gasteiger partial charge in [0.25, 0.3) is 0 Å². The molecule has 0 saturated carbocycles. The minimum atomic E-state index is -1.20. The van der Waals surface area contributed by atoms with Gasteiger partial charge in [0.1, 0.15) is 6.04 Å². The van der Waals surface area contributed by atoms with Crippen molar-refractivity contribution in [1.82, 2.24) is 5.32 Å². The van der Waals surface area contributed by atoms with E-state index in [2.05, 4.69) is 5.32 Å². The Hall–Kier alpha value is -2.06. The average Bonchev–Trinajstić information content (AvgIpc) is 2.78. The fourth-order valence-electron chi connectivity index (χ4n) is 2.25.